The van der Waals surface area contributed by atoms with Gasteiger partial charge >= 0.3 is 0 Å². The number of nitrogens with zero attached hydrogens (tertiary/aromatic N) is 1. The molecule has 0 spiro atoms. The van der Waals surface area contributed by atoms with Crippen LogP contribution < -0.4 is 19.5 Å². The molecule has 0 aliphatic carbocycles. The minimum atomic E-state index is -0.230. The van der Waals surface area contributed by atoms with Gasteiger partial charge in [-0.05, 0) is 48.9 Å². The Balaban J connectivity index is 1.70. The molecule has 30 heavy (non-hydrogen) atoms. The molecule has 7 heteroatoms. The number of rotatable bonds is 10. The second-order valence-corrected chi connectivity index (χ2v) is 6.75. The SMILES string of the molecule is CCCCOc1ccc(-c2[nH]ncc2C(=O)NCc2cc(OC)ccc2OC)cc1. The van der Waals surface area contributed by atoms with Gasteiger partial charge in [-0.3, -0.25) is 9.89 Å². The summed E-state index contributed by atoms with van der Waals surface area (Å²) in [4.78, 5) is 12.8. The minimum absolute atomic E-state index is 0.230. The molecule has 0 atom stereocenters. The molecule has 0 fully saturated rings. The van der Waals surface area contributed by atoms with Gasteiger partial charge in [-0.1, -0.05) is 13.3 Å². The highest BCUT2D eigenvalue weighted by Gasteiger charge is 2.16. The lowest BCUT2D eigenvalue weighted by Crippen LogP contribution is -2.23. The van der Waals surface area contributed by atoms with Crippen LogP contribution in [0.25, 0.3) is 11.3 Å². The van der Waals surface area contributed by atoms with Gasteiger partial charge in [-0.2, -0.15) is 5.10 Å². The second kappa shape index (κ2) is 10.3. The molecule has 158 valence electrons. The van der Waals surface area contributed by atoms with Gasteiger partial charge in [0.15, 0.2) is 0 Å². The number of hydrogen-bond donors (Lipinski definition) is 2. The van der Waals surface area contributed by atoms with Gasteiger partial charge in [0.25, 0.3) is 5.91 Å². The molecule has 0 saturated heterocycles. The molecule has 3 aromatic rings. The Morgan fingerprint density at radius 1 is 1.07 bits per heavy atom. The topological polar surface area (TPSA) is 85.5 Å². The molecule has 0 aliphatic heterocycles. The summed E-state index contributed by atoms with van der Waals surface area (Å²) in [6.07, 6.45) is 3.64. The van der Waals surface area contributed by atoms with Crippen molar-refractivity contribution in [2.75, 3.05) is 20.8 Å². The molecule has 7 nitrogen and oxygen atoms in total. The maximum Gasteiger partial charge on any atom is 0.255 e. The molecular weight excluding hydrogens is 382 g/mol. The van der Waals surface area contributed by atoms with E-state index in [2.05, 4.69) is 22.4 Å². The third-order valence-corrected chi connectivity index (χ3v) is 4.72. The molecule has 0 aliphatic rings. The first-order valence-electron chi connectivity index (χ1n) is 9.92. The molecule has 2 aromatic carbocycles. The number of nitrogens with one attached hydrogen (secondary N) is 2. The number of amides is 1. The third-order valence-electron chi connectivity index (χ3n) is 4.72. The summed E-state index contributed by atoms with van der Waals surface area (Å²) in [5, 5.41) is 9.90. The van der Waals surface area contributed by atoms with Crippen LogP contribution in [0.3, 0.4) is 0 Å². The van der Waals surface area contributed by atoms with Crippen molar-refractivity contribution in [3.8, 4) is 28.5 Å². The van der Waals surface area contributed by atoms with Crippen LogP contribution in [0.1, 0.15) is 35.7 Å². The quantitative estimate of drug-likeness (QED) is 0.490. The molecule has 0 saturated carbocycles. The van der Waals surface area contributed by atoms with Crippen molar-refractivity contribution >= 4 is 5.91 Å². The number of hydrogen-bond acceptors (Lipinski definition) is 5. The average molecular weight is 409 g/mol. The number of H-pyrrole nitrogens is 1. The van der Waals surface area contributed by atoms with E-state index in [1.807, 2.05) is 42.5 Å². The lowest BCUT2D eigenvalue weighted by molar-refractivity contribution is 0.0951. The molecular formula is C23H27N3O4. The van der Waals surface area contributed by atoms with E-state index in [9.17, 15) is 4.79 Å². The molecule has 0 unspecified atom stereocenters. The van der Waals surface area contributed by atoms with Gasteiger partial charge in [-0.15, -0.1) is 0 Å². The molecule has 1 amide bonds. The van der Waals surface area contributed by atoms with Crippen LogP contribution in [-0.2, 0) is 6.54 Å². The molecule has 3 rings (SSSR count). The fraction of sp³-hybridized carbons (Fsp3) is 0.304. The van der Waals surface area contributed by atoms with Gasteiger partial charge in [0, 0.05) is 17.7 Å². The highest BCUT2D eigenvalue weighted by atomic mass is 16.5. The van der Waals surface area contributed by atoms with Crippen molar-refractivity contribution < 1.29 is 19.0 Å². The first-order chi connectivity index (χ1) is 14.7. The van der Waals surface area contributed by atoms with Crippen LogP contribution in [0.4, 0.5) is 0 Å². The van der Waals surface area contributed by atoms with E-state index < -0.39 is 0 Å². The highest BCUT2D eigenvalue weighted by Crippen LogP contribution is 2.26. The lowest BCUT2D eigenvalue weighted by atomic mass is 10.1. The van der Waals surface area contributed by atoms with Crippen LogP contribution in [0, 0.1) is 0 Å². The summed E-state index contributed by atoms with van der Waals surface area (Å²) >= 11 is 0. The average Bonchev–Trinajstić information content (AvgIpc) is 3.28. The van der Waals surface area contributed by atoms with Crippen LogP contribution in [-0.4, -0.2) is 36.9 Å². The van der Waals surface area contributed by atoms with E-state index in [4.69, 9.17) is 14.2 Å². The van der Waals surface area contributed by atoms with Crippen LogP contribution in [0.2, 0.25) is 0 Å². The summed E-state index contributed by atoms with van der Waals surface area (Å²) in [6.45, 7) is 3.12. The standard InChI is InChI=1S/C23H27N3O4/c1-4-5-12-30-18-8-6-16(7-9-18)22-20(15-25-26-22)23(27)24-14-17-13-19(28-2)10-11-21(17)29-3/h6-11,13,15H,4-5,12,14H2,1-3H3,(H,24,27)(H,25,26). The van der Waals surface area contributed by atoms with Gasteiger partial charge < -0.3 is 19.5 Å². The van der Waals surface area contributed by atoms with Crippen molar-refractivity contribution in [3.63, 3.8) is 0 Å². The van der Waals surface area contributed by atoms with Crippen LogP contribution >= 0.6 is 0 Å². The first-order valence-corrected chi connectivity index (χ1v) is 9.92. The van der Waals surface area contributed by atoms with Crippen LogP contribution in [0.15, 0.2) is 48.7 Å². The Morgan fingerprint density at radius 2 is 1.83 bits per heavy atom. The van der Waals surface area contributed by atoms with E-state index in [1.165, 1.54) is 6.20 Å². The fourth-order valence-electron chi connectivity index (χ4n) is 3.02. The molecule has 1 heterocycles. The Labute approximate surface area is 176 Å². The van der Waals surface area contributed by atoms with E-state index >= 15 is 0 Å². The maximum atomic E-state index is 12.8. The minimum Gasteiger partial charge on any atom is -0.497 e. The van der Waals surface area contributed by atoms with E-state index in [1.54, 1.807) is 14.2 Å². The number of methoxy groups -OCH3 is 2. The third kappa shape index (κ3) is 5.11. The predicted molar refractivity (Wildman–Crippen MR) is 115 cm³/mol. The maximum absolute atomic E-state index is 12.8. The number of aromatic amines is 1. The predicted octanol–water partition coefficient (Wildman–Crippen LogP) is 4.20. The summed E-state index contributed by atoms with van der Waals surface area (Å²) in [5.74, 6) is 1.96. The van der Waals surface area contributed by atoms with Gasteiger partial charge in [0.05, 0.1) is 38.3 Å². The normalized spacial score (nSPS) is 10.5. The Bertz CT molecular complexity index is 967. The lowest BCUT2D eigenvalue weighted by Gasteiger charge is -2.12. The van der Waals surface area contributed by atoms with E-state index in [-0.39, 0.29) is 5.91 Å². The van der Waals surface area contributed by atoms with Gasteiger partial charge in [0.2, 0.25) is 0 Å². The Morgan fingerprint density at radius 3 is 2.53 bits per heavy atom. The molecule has 1 aromatic heterocycles. The second-order valence-electron chi connectivity index (χ2n) is 6.75. The van der Waals surface area contributed by atoms with Gasteiger partial charge in [0.1, 0.15) is 17.2 Å². The highest BCUT2D eigenvalue weighted by molar-refractivity contribution is 5.99. The van der Waals surface area contributed by atoms with Gasteiger partial charge in [-0.25, -0.2) is 0 Å². The summed E-state index contributed by atoms with van der Waals surface area (Å²) in [7, 11) is 3.19. The number of carbonyl (C=O) groups is 1. The summed E-state index contributed by atoms with van der Waals surface area (Å²) in [6, 6.07) is 13.1. The van der Waals surface area contributed by atoms with Crippen molar-refractivity contribution in [1.29, 1.82) is 0 Å². The number of benzene rings is 2. The van der Waals surface area contributed by atoms with Crippen molar-refractivity contribution in [3.05, 3.63) is 59.8 Å². The number of carbonyl (C=O) groups excluding carboxylic acids is 1. The fourth-order valence-corrected chi connectivity index (χ4v) is 3.02. The number of aromatic nitrogens is 2. The van der Waals surface area contributed by atoms with Crippen LogP contribution in [0.5, 0.6) is 17.2 Å². The zero-order valence-electron chi connectivity index (χ0n) is 17.5. The number of ether oxygens (including phenoxy) is 3. The molecule has 2 N–H and O–H groups in total. The van der Waals surface area contributed by atoms with E-state index in [0.717, 1.165) is 29.7 Å². The first kappa shape index (κ1) is 21.2. The molecule has 0 radical (unpaired) electrons. The van der Waals surface area contributed by atoms with E-state index in [0.29, 0.717) is 35.9 Å². The zero-order chi connectivity index (χ0) is 21.3. The largest absolute Gasteiger partial charge is 0.497 e. The molecule has 0 bridgehead atoms. The van der Waals surface area contributed by atoms with Crippen molar-refractivity contribution in [2.24, 2.45) is 0 Å². The zero-order valence-corrected chi connectivity index (χ0v) is 17.5. The Kier molecular flexibility index (Phi) is 7.32. The summed E-state index contributed by atoms with van der Waals surface area (Å²) in [5.41, 5.74) is 2.81. The monoisotopic (exact) mass is 409 g/mol. The summed E-state index contributed by atoms with van der Waals surface area (Å²) < 4.78 is 16.3. The number of unbranched alkanes of at least 4 members (excludes halogenated alkanes) is 1. The smallest absolute Gasteiger partial charge is 0.255 e. The Hall–Kier alpha value is -3.48. The van der Waals surface area contributed by atoms with Crippen molar-refractivity contribution in [1.82, 2.24) is 15.5 Å². The van der Waals surface area contributed by atoms with Crippen molar-refractivity contribution in [2.45, 2.75) is 26.3 Å².